The molecule has 0 atom stereocenters. The lowest BCUT2D eigenvalue weighted by Gasteiger charge is -1.95. The fourth-order valence-corrected chi connectivity index (χ4v) is 1.71. The molecule has 18 heavy (non-hydrogen) atoms. The van der Waals surface area contributed by atoms with Gasteiger partial charge in [0.15, 0.2) is 0 Å². The molecule has 0 unspecified atom stereocenters. The normalized spacial score (nSPS) is 10.4. The Morgan fingerprint density at radius 3 is 2.61 bits per heavy atom. The molecule has 0 saturated heterocycles. The van der Waals surface area contributed by atoms with Crippen molar-refractivity contribution in [3.8, 4) is 5.95 Å². The predicted octanol–water partition coefficient (Wildman–Crippen LogP) is 0.998. The maximum Gasteiger partial charge on any atom is 0.325 e. The molecule has 3 aromatic rings. The van der Waals surface area contributed by atoms with Crippen molar-refractivity contribution in [2.24, 2.45) is 0 Å². The van der Waals surface area contributed by atoms with Gasteiger partial charge in [-0.05, 0) is 18.2 Å². The van der Waals surface area contributed by atoms with Gasteiger partial charge < -0.3 is 0 Å². The largest absolute Gasteiger partial charge is 0.325 e. The van der Waals surface area contributed by atoms with Crippen molar-refractivity contribution in [1.29, 1.82) is 0 Å². The summed E-state index contributed by atoms with van der Waals surface area (Å²) in [4.78, 5) is 12.7. The Kier molecular flexibility index (Phi) is 2.79. The monoisotopic (exact) mass is 238 g/mol. The molecule has 88 valence electrons. The third kappa shape index (κ3) is 2.24. The molecule has 0 aliphatic rings. The highest BCUT2D eigenvalue weighted by atomic mass is 15.2. The Morgan fingerprint density at radius 2 is 1.83 bits per heavy atom. The van der Waals surface area contributed by atoms with Crippen LogP contribution in [0, 0.1) is 0 Å². The summed E-state index contributed by atoms with van der Waals surface area (Å²) in [5, 5.41) is 0. The van der Waals surface area contributed by atoms with Gasteiger partial charge in [-0.3, -0.25) is 4.98 Å². The molecule has 5 nitrogen and oxygen atoms in total. The van der Waals surface area contributed by atoms with Crippen molar-refractivity contribution < 1.29 is 4.57 Å². The number of rotatable bonds is 3. The topological polar surface area (TPSA) is 47.5 Å². The third-order valence-corrected chi connectivity index (χ3v) is 2.55. The highest BCUT2D eigenvalue weighted by Gasteiger charge is 2.08. The van der Waals surface area contributed by atoms with Crippen LogP contribution < -0.4 is 4.57 Å². The van der Waals surface area contributed by atoms with Crippen LogP contribution in [-0.4, -0.2) is 19.5 Å². The van der Waals surface area contributed by atoms with Crippen LogP contribution >= 0.6 is 0 Å². The Bertz CT molecular complexity index is 618. The van der Waals surface area contributed by atoms with E-state index in [0.29, 0.717) is 5.95 Å². The minimum Gasteiger partial charge on any atom is -0.257 e. The number of imidazole rings is 1. The van der Waals surface area contributed by atoms with Crippen molar-refractivity contribution >= 4 is 0 Å². The van der Waals surface area contributed by atoms with Crippen LogP contribution in [0.15, 0.2) is 61.6 Å². The SMILES string of the molecule is c1ccc(C[n+]2ccn(-c3ncccn3)c2)nc1. The molecule has 0 spiro atoms. The van der Waals surface area contributed by atoms with Gasteiger partial charge >= 0.3 is 5.95 Å². The lowest BCUT2D eigenvalue weighted by Crippen LogP contribution is -2.32. The van der Waals surface area contributed by atoms with Crippen LogP contribution in [0.5, 0.6) is 0 Å². The zero-order chi connectivity index (χ0) is 12.2. The van der Waals surface area contributed by atoms with Gasteiger partial charge in [0.05, 0.1) is 5.69 Å². The second kappa shape index (κ2) is 4.75. The van der Waals surface area contributed by atoms with E-state index in [0.717, 1.165) is 12.2 Å². The van der Waals surface area contributed by atoms with Crippen LogP contribution in [0.1, 0.15) is 5.69 Å². The first-order valence-electron chi connectivity index (χ1n) is 5.66. The summed E-state index contributed by atoms with van der Waals surface area (Å²) in [5.41, 5.74) is 1.02. The van der Waals surface area contributed by atoms with E-state index in [2.05, 4.69) is 15.0 Å². The summed E-state index contributed by atoms with van der Waals surface area (Å²) < 4.78 is 3.92. The van der Waals surface area contributed by atoms with Gasteiger partial charge in [-0.2, -0.15) is 14.5 Å². The Balaban J connectivity index is 1.82. The lowest BCUT2D eigenvalue weighted by molar-refractivity contribution is -0.688. The van der Waals surface area contributed by atoms with Crippen molar-refractivity contribution in [3.63, 3.8) is 0 Å². The molecule has 0 saturated carbocycles. The van der Waals surface area contributed by atoms with E-state index in [9.17, 15) is 0 Å². The summed E-state index contributed by atoms with van der Waals surface area (Å²) >= 11 is 0. The number of pyridine rings is 1. The van der Waals surface area contributed by atoms with Gasteiger partial charge in [-0.1, -0.05) is 6.07 Å². The molecular formula is C13H12N5+. The van der Waals surface area contributed by atoms with Crippen LogP contribution in [-0.2, 0) is 6.54 Å². The highest BCUT2D eigenvalue weighted by molar-refractivity contribution is 5.07. The Morgan fingerprint density at radius 1 is 1.00 bits per heavy atom. The van der Waals surface area contributed by atoms with E-state index in [1.165, 1.54) is 0 Å². The van der Waals surface area contributed by atoms with Gasteiger partial charge in [0.1, 0.15) is 18.9 Å². The summed E-state index contributed by atoms with van der Waals surface area (Å²) in [5.74, 6) is 0.664. The Hall–Kier alpha value is -2.56. The van der Waals surface area contributed by atoms with Crippen LogP contribution in [0.2, 0.25) is 0 Å². The second-order valence-corrected chi connectivity index (χ2v) is 3.86. The summed E-state index contributed by atoms with van der Waals surface area (Å²) in [6, 6.07) is 7.70. The van der Waals surface area contributed by atoms with E-state index >= 15 is 0 Å². The van der Waals surface area contributed by atoms with Gasteiger partial charge in [0, 0.05) is 18.6 Å². The van der Waals surface area contributed by atoms with Gasteiger partial charge in [0.25, 0.3) is 6.33 Å². The molecular weight excluding hydrogens is 226 g/mol. The molecule has 0 radical (unpaired) electrons. The van der Waals surface area contributed by atoms with Crippen molar-refractivity contribution in [1.82, 2.24) is 19.5 Å². The third-order valence-electron chi connectivity index (χ3n) is 2.55. The number of hydrogen-bond donors (Lipinski definition) is 0. The first kappa shape index (κ1) is 10.6. The standard InChI is InChI=1S/C13H12N5/c1-2-5-14-12(4-1)10-17-8-9-18(11-17)13-15-6-3-7-16-13/h1-9,11H,10H2/q+1. The fourth-order valence-electron chi connectivity index (χ4n) is 1.71. The highest BCUT2D eigenvalue weighted by Crippen LogP contribution is 1.97. The zero-order valence-electron chi connectivity index (χ0n) is 9.72. The van der Waals surface area contributed by atoms with Crippen molar-refractivity contribution in [2.75, 3.05) is 0 Å². The number of aromatic nitrogens is 5. The first-order chi connectivity index (χ1) is 8.92. The fraction of sp³-hybridized carbons (Fsp3) is 0.0769. The second-order valence-electron chi connectivity index (χ2n) is 3.86. The summed E-state index contributed by atoms with van der Waals surface area (Å²) in [7, 11) is 0. The predicted molar refractivity (Wildman–Crippen MR) is 64.9 cm³/mol. The smallest absolute Gasteiger partial charge is 0.257 e. The molecule has 0 amide bonds. The minimum atomic E-state index is 0.664. The van der Waals surface area contributed by atoms with Gasteiger partial charge in [-0.15, -0.1) is 0 Å². The molecule has 3 heterocycles. The van der Waals surface area contributed by atoms with E-state index in [-0.39, 0.29) is 0 Å². The van der Waals surface area contributed by atoms with Gasteiger partial charge in [0.2, 0.25) is 0 Å². The van der Waals surface area contributed by atoms with Crippen molar-refractivity contribution in [3.05, 3.63) is 67.3 Å². The van der Waals surface area contributed by atoms with Gasteiger partial charge in [-0.25, -0.2) is 4.57 Å². The molecule has 0 fully saturated rings. The average molecular weight is 238 g/mol. The van der Waals surface area contributed by atoms with Crippen LogP contribution in [0.25, 0.3) is 5.95 Å². The quantitative estimate of drug-likeness (QED) is 0.639. The molecule has 0 bridgehead atoms. The molecule has 0 aliphatic carbocycles. The number of nitrogens with zero attached hydrogens (tertiary/aromatic N) is 5. The molecule has 3 rings (SSSR count). The molecule has 0 N–H and O–H groups in total. The maximum atomic E-state index is 4.29. The molecule has 0 aliphatic heterocycles. The summed E-state index contributed by atoms with van der Waals surface area (Å²) in [6.07, 6.45) is 11.1. The average Bonchev–Trinajstić information content (AvgIpc) is 2.89. The van der Waals surface area contributed by atoms with Crippen LogP contribution in [0.3, 0.4) is 0 Å². The van der Waals surface area contributed by atoms with E-state index < -0.39 is 0 Å². The molecule has 5 heteroatoms. The van der Waals surface area contributed by atoms with E-state index in [1.807, 2.05) is 46.1 Å². The van der Waals surface area contributed by atoms with Crippen LogP contribution in [0.4, 0.5) is 0 Å². The maximum absolute atomic E-state index is 4.29. The minimum absolute atomic E-state index is 0.664. The molecule has 3 aromatic heterocycles. The summed E-state index contributed by atoms with van der Waals surface area (Å²) in [6.45, 7) is 0.737. The Labute approximate surface area is 104 Å². The van der Waals surface area contributed by atoms with Crippen molar-refractivity contribution in [2.45, 2.75) is 6.54 Å². The molecule has 0 aromatic carbocycles. The first-order valence-corrected chi connectivity index (χ1v) is 5.66. The lowest BCUT2D eigenvalue weighted by atomic mass is 10.3. The van der Waals surface area contributed by atoms with E-state index in [1.54, 1.807) is 24.7 Å². The zero-order valence-corrected chi connectivity index (χ0v) is 9.72. The number of hydrogen-bond acceptors (Lipinski definition) is 3. The van der Waals surface area contributed by atoms with E-state index in [4.69, 9.17) is 0 Å².